The number of nitrogens with one attached hydrogen (secondary N) is 1. The van der Waals surface area contributed by atoms with Gasteiger partial charge in [-0.05, 0) is 42.0 Å². The monoisotopic (exact) mass is 380 g/mol. The maximum atomic E-state index is 12.7. The van der Waals surface area contributed by atoms with Crippen molar-refractivity contribution in [3.63, 3.8) is 0 Å². The number of halogens is 3. The molecule has 2 aromatic rings. The predicted octanol–water partition coefficient (Wildman–Crippen LogP) is 3.74. The van der Waals surface area contributed by atoms with Crippen LogP contribution in [-0.2, 0) is 23.9 Å². The van der Waals surface area contributed by atoms with Gasteiger partial charge in [0.05, 0.1) is 0 Å². The van der Waals surface area contributed by atoms with Crippen molar-refractivity contribution in [1.29, 1.82) is 0 Å². The molecule has 4 nitrogen and oxygen atoms in total. The molecule has 0 atom stereocenters. The van der Waals surface area contributed by atoms with Crippen LogP contribution in [0.5, 0.6) is 0 Å². The Hall–Kier alpha value is -2.57. The molecule has 1 heterocycles. The van der Waals surface area contributed by atoms with Crippen molar-refractivity contribution in [2.24, 2.45) is 0 Å². The third-order valence-electron chi connectivity index (χ3n) is 4.25. The lowest BCUT2D eigenvalue weighted by molar-refractivity contribution is -0.139. The molecule has 0 unspecified atom stereocenters. The van der Waals surface area contributed by atoms with Gasteiger partial charge in [0.2, 0.25) is 5.91 Å². The van der Waals surface area contributed by atoms with E-state index < -0.39 is 29.8 Å². The molecule has 1 aromatic heterocycles. The zero-order valence-corrected chi connectivity index (χ0v) is 15.3. The van der Waals surface area contributed by atoms with Crippen molar-refractivity contribution in [3.8, 4) is 0 Å². The third kappa shape index (κ3) is 5.98. The second-order valence-electron chi connectivity index (χ2n) is 6.70. The van der Waals surface area contributed by atoms with E-state index in [1.165, 1.54) is 11.8 Å². The van der Waals surface area contributed by atoms with Gasteiger partial charge in [-0.3, -0.25) is 9.59 Å². The highest BCUT2D eigenvalue weighted by Gasteiger charge is 2.34. The molecule has 146 valence electrons. The van der Waals surface area contributed by atoms with Gasteiger partial charge in [0.25, 0.3) is 5.56 Å². The molecule has 7 heteroatoms. The summed E-state index contributed by atoms with van der Waals surface area (Å²) in [5, 5.41) is 2.64. The van der Waals surface area contributed by atoms with Crippen LogP contribution >= 0.6 is 0 Å². The smallest absolute Gasteiger partial charge is 0.355 e. The van der Waals surface area contributed by atoms with E-state index in [-0.39, 0.29) is 0 Å². The molecule has 1 N–H and O–H groups in total. The highest BCUT2D eigenvalue weighted by molar-refractivity contribution is 5.75. The average Bonchev–Trinajstić information content (AvgIpc) is 2.60. The van der Waals surface area contributed by atoms with E-state index in [1.807, 2.05) is 0 Å². The molecular weight excluding hydrogens is 357 g/mol. The van der Waals surface area contributed by atoms with Gasteiger partial charge in [-0.25, -0.2) is 0 Å². The second kappa shape index (κ2) is 8.88. The number of amides is 1. The maximum Gasteiger partial charge on any atom is 0.421 e. The molecule has 2 rings (SSSR count). The molecule has 0 fully saturated rings. The second-order valence-corrected chi connectivity index (χ2v) is 6.70. The standard InChI is InChI=1S/C20H23F3N2O2/c1-14(2)16-9-7-15(8-10-16)5-3-11-24-18(26)13-25-12-4-6-17(19(25)27)20(21,22)23/h4,6-10,12,14H,3,5,11,13H2,1-2H3,(H,24,26). The first-order chi connectivity index (χ1) is 12.7. The van der Waals surface area contributed by atoms with Gasteiger partial charge in [-0.15, -0.1) is 0 Å². The molecule has 0 spiro atoms. The number of rotatable bonds is 7. The SMILES string of the molecule is CC(C)c1ccc(CCCNC(=O)Cn2cccc(C(F)(F)F)c2=O)cc1. The Labute approximate surface area is 156 Å². The number of pyridine rings is 1. The molecule has 1 aromatic carbocycles. The van der Waals surface area contributed by atoms with Crippen molar-refractivity contribution in [3.05, 3.63) is 69.6 Å². The fourth-order valence-corrected chi connectivity index (χ4v) is 2.68. The van der Waals surface area contributed by atoms with E-state index in [9.17, 15) is 22.8 Å². The summed E-state index contributed by atoms with van der Waals surface area (Å²) >= 11 is 0. The first-order valence-electron chi connectivity index (χ1n) is 8.80. The minimum Gasteiger partial charge on any atom is -0.355 e. The van der Waals surface area contributed by atoms with E-state index in [0.717, 1.165) is 22.6 Å². The van der Waals surface area contributed by atoms with Crippen LogP contribution in [0.2, 0.25) is 0 Å². The fourth-order valence-electron chi connectivity index (χ4n) is 2.68. The van der Waals surface area contributed by atoms with E-state index in [1.54, 1.807) is 0 Å². The number of alkyl halides is 3. The number of aryl methyl sites for hydroxylation is 1. The molecule has 0 aliphatic heterocycles. The van der Waals surface area contributed by atoms with Gasteiger partial charge in [0, 0.05) is 12.7 Å². The number of carbonyl (C=O) groups is 1. The fraction of sp³-hybridized carbons (Fsp3) is 0.400. The molecule has 0 saturated carbocycles. The summed E-state index contributed by atoms with van der Waals surface area (Å²) in [6.07, 6.45) is -2.08. The largest absolute Gasteiger partial charge is 0.421 e. The summed E-state index contributed by atoms with van der Waals surface area (Å²) in [6, 6.07) is 10.1. The lowest BCUT2D eigenvalue weighted by Gasteiger charge is -2.11. The molecule has 27 heavy (non-hydrogen) atoms. The minimum atomic E-state index is -4.73. The van der Waals surface area contributed by atoms with Crippen molar-refractivity contribution >= 4 is 5.91 Å². The lowest BCUT2D eigenvalue weighted by atomic mass is 10.0. The van der Waals surface area contributed by atoms with Gasteiger partial charge in [-0.2, -0.15) is 13.2 Å². The van der Waals surface area contributed by atoms with E-state index in [4.69, 9.17) is 0 Å². The predicted molar refractivity (Wildman–Crippen MR) is 97.6 cm³/mol. The molecule has 0 aliphatic carbocycles. The normalized spacial score (nSPS) is 11.6. The van der Waals surface area contributed by atoms with Crippen molar-refractivity contribution in [2.45, 2.75) is 45.3 Å². The summed E-state index contributed by atoms with van der Waals surface area (Å²) in [6.45, 7) is 4.20. The highest BCUT2D eigenvalue weighted by Crippen LogP contribution is 2.25. The number of benzene rings is 1. The van der Waals surface area contributed by atoms with Crippen LogP contribution in [0.4, 0.5) is 13.2 Å². The van der Waals surface area contributed by atoms with Crippen molar-refractivity contribution < 1.29 is 18.0 Å². The molecule has 0 radical (unpaired) electrons. The van der Waals surface area contributed by atoms with Crippen LogP contribution in [0.25, 0.3) is 0 Å². The quantitative estimate of drug-likeness (QED) is 0.744. The Bertz CT molecular complexity index is 824. The van der Waals surface area contributed by atoms with Crippen molar-refractivity contribution in [1.82, 2.24) is 9.88 Å². The Morgan fingerprint density at radius 1 is 1.15 bits per heavy atom. The Morgan fingerprint density at radius 2 is 1.81 bits per heavy atom. The number of hydrogen-bond donors (Lipinski definition) is 1. The summed E-state index contributed by atoms with van der Waals surface area (Å²) < 4.78 is 39.0. The molecule has 0 aliphatic rings. The molecule has 0 saturated heterocycles. The lowest BCUT2D eigenvalue weighted by Crippen LogP contribution is -2.35. The minimum absolute atomic E-state index is 0.387. The van der Waals surface area contributed by atoms with Crippen LogP contribution in [-0.4, -0.2) is 17.0 Å². The molecular formula is C20H23F3N2O2. The highest BCUT2D eigenvalue weighted by atomic mass is 19.4. The zero-order chi connectivity index (χ0) is 20.0. The van der Waals surface area contributed by atoms with Gasteiger partial charge in [0.1, 0.15) is 12.1 Å². The van der Waals surface area contributed by atoms with Crippen molar-refractivity contribution in [2.75, 3.05) is 6.54 Å². The average molecular weight is 380 g/mol. The number of carbonyl (C=O) groups excluding carboxylic acids is 1. The summed E-state index contributed by atoms with van der Waals surface area (Å²) in [5.74, 6) is -0.0239. The third-order valence-corrected chi connectivity index (χ3v) is 4.25. The zero-order valence-electron chi connectivity index (χ0n) is 15.3. The topological polar surface area (TPSA) is 51.1 Å². The number of nitrogens with zero attached hydrogens (tertiary/aromatic N) is 1. The Morgan fingerprint density at radius 3 is 2.41 bits per heavy atom. The van der Waals surface area contributed by atoms with E-state index in [2.05, 4.69) is 43.4 Å². The first-order valence-corrected chi connectivity index (χ1v) is 8.80. The maximum absolute atomic E-state index is 12.7. The first kappa shape index (κ1) is 20.7. The summed E-state index contributed by atoms with van der Waals surface area (Å²) in [7, 11) is 0. The van der Waals surface area contributed by atoms with Crippen LogP contribution in [0, 0.1) is 0 Å². The van der Waals surface area contributed by atoms with Crippen LogP contribution in [0.1, 0.15) is 42.9 Å². The Balaban J connectivity index is 1.82. The number of aromatic nitrogens is 1. The van der Waals surface area contributed by atoms with Gasteiger partial charge < -0.3 is 9.88 Å². The Kier molecular flexibility index (Phi) is 6.82. The van der Waals surface area contributed by atoms with Gasteiger partial charge in [0.15, 0.2) is 0 Å². The molecule has 0 bridgehead atoms. The van der Waals surface area contributed by atoms with Gasteiger partial charge >= 0.3 is 6.18 Å². The number of hydrogen-bond acceptors (Lipinski definition) is 2. The van der Waals surface area contributed by atoms with Crippen LogP contribution in [0.3, 0.4) is 0 Å². The van der Waals surface area contributed by atoms with Gasteiger partial charge in [-0.1, -0.05) is 38.1 Å². The van der Waals surface area contributed by atoms with E-state index >= 15 is 0 Å². The van der Waals surface area contributed by atoms with Crippen LogP contribution < -0.4 is 10.9 Å². The summed E-state index contributed by atoms with van der Waals surface area (Å²) in [4.78, 5) is 23.7. The van der Waals surface area contributed by atoms with Crippen LogP contribution in [0.15, 0.2) is 47.4 Å². The summed E-state index contributed by atoms with van der Waals surface area (Å²) in [5.41, 5.74) is -0.0747. The molecule has 1 amide bonds. The van der Waals surface area contributed by atoms with E-state index in [0.29, 0.717) is 24.9 Å².